The number of amides is 1. The topological polar surface area (TPSA) is 66.4 Å². The molecule has 1 amide bonds. The molecule has 0 aromatic carbocycles. The van der Waals surface area contributed by atoms with Gasteiger partial charge in [0.25, 0.3) is 0 Å². The minimum absolute atomic E-state index is 0.0305. The summed E-state index contributed by atoms with van der Waals surface area (Å²) in [4.78, 5) is 24.3. The van der Waals surface area contributed by atoms with E-state index < -0.39 is 12.0 Å². The number of carboxylic acid groups (broad SMARTS) is 1. The first kappa shape index (κ1) is 15.0. The van der Waals surface area contributed by atoms with Crippen molar-refractivity contribution in [3.05, 3.63) is 22.4 Å². The monoisotopic (exact) mass is 295 g/mol. The van der Waals surface area contributed by atoms with Gasteiger partial charge in [0.15, 0.2) is 6.04 Å². The van der Waals surface area contributed by atoms with Crippen LogP contribution in [0.15, 0.2) is 17.5 Å². The molecule has 1 aliphatic rings. The van der Waals surface area contributed by atoms with Crippen LogP contribution in [0.4, 0.5) is 0 Å². The van der Waals surface area contributed by atoms with Gasteiger partial charge in [-0.25, -0.2) is 4.79 Å². The Kier molecular flexibility index (Phi) is 5.59. The third kappa shape index (κ3) is 4.07. The first-order chi connectivity index (χ1) is 9.68. The van der Waals surface area contributed by atoms with Gasteiger partial charge in [-0.15, -0.1) is 11.3 Å². The van der Waals surface area contributed by atoms with Crippen molar-refractivity contribution in [3.8, 4) is 0 Å². The van der Waals surface area contributed by atoms with E-state index in [1.54, 1.807) is 12.1 Å². The van der Waals surface area contributed by atoms with Crippen LogP contribution in [-0.4, -0.2) is 17.0 Å². The third-order valence-electron chi connectivity index (χ3n) is 3.84. The van der Waals surface area contributed by atoms with Crippen molar-refractivity contribution in [2.75, 3.05) is 0 Å². The fraction of sp³-hybridized carbons (Fsp3) is 0.600. The number of hydrogen-bond acceptors (Lipinski definition) is 3. The second kappa shape index (κ2) is 7.43. The molecule has 1 unspecified atom stereocenters. The Morgan fingerprint density at radius 2 is 1.85 bits per heavy atom. The van der Waals surface area contributed by atoms with Crippen molar-refractivity contribution >= 4 is 23.2 Å². The Hall–Kier alpha value is -1.36. The van der Waals surface area contributed by atoms with Crippen molar-refractivity contribution in [2.24, 2.45) is 5.92 Å². The van der Waals surface area contributed by atoms with Gasteiger partial charge in [-0.1, -0.05) is 38.2 Å². The van der Waals surface area contributed by atoms with Crippen molar-refractivity contribution in [3.63, 3.8) is 0 Å². The maximum Gasteiger partial charge on any atom is 0.331 e. The van der Waals surface area contributed by atoms with E-state index in [1.807, 2.05) is 5.38 Å². The molecule has 110 valence electrons. The van der Waals surface area contributed by atoms with Crippen LogP contribution in [0.2, 0.25) is 0 Å². The molecule has 1 fully saturated rings. The highest BCUT2D eigenvalue weighted by molar-refractivity contribution is 7.10. The van der Waals surface area contributed by atoms with Crippen LogP contribution >= 0.6 is 11.3 Å². The Bertz CT molecular complexity index is 436. The predicted octanol–water partition coefficient (Wildman–Crippen LogP) is 3.35. The lowest BCUT2D eigenvalue weighted by atomic mass is 9.90. The van der Waals surface area contributed by atoms with Crippen LogP contribution in [0.25, 0.3) is 0 Å². The van der Waals surface area contributed by atoms with E-state index in [-0.39, 0.29) is 11.8 Å². The van der Waals surface area contributed by atoms with Crippen LogP contribution in [0.3, 0.4) is 0 Å². The molecule has 2 rings (SSSR count). The highest BCUT2D eigenvalue weighted by atomic mass is 32.1. The summed E-state index contributed by atoms with van der Waals surface area (Å²) in [6.45, 7) is 0. The van der Waals surface area contributed by atoms with Crippen molar-refractivity contribution in [1.82, 2.24) is 5.32 Å². The molecule has 0 saturated heterocycles. The second-order valence-electron chi connectivity index (χ2n) is 5.34. The van der Waals surface area contributed by atoms with E-state index in [0.29, 0.717) is 4.88 Å². The molecule has 1 aromatic heterocycles. The normalized spacial score (nSPS) is 18.8. The smallest absolute Gasteiger partial charge is 0.331 e. The molecule has 2 N–H and O–H groups in total. The van der Waals surface area contributed by atoms with Gasteiger partial charge in [0, 0.05) is 10.8 Å². The van der Waals surface area contributed by atoms with E-state index in [1.165, 1.54) is 30.6 Å². The summed E-state index contributed by atoms with van der Waals surface area (Å²) in [7, 11) is 0. The van der Waals surface area contributed by atoms with Gasteiger partial charge in [0.05, 0.1) is 0 Å². The fourth-order valence-electron chi connectivity index (χ4n) is 2.69. The molecule has 1 atom stereocenters. The molecule has 1 saturated carbocycles. The first-order valence-electron chi connectivity index (χ1n) is 7.25. The third-order valence-corrected chi connectivity index (χ3v) is 4.77. The van der Waals surface area contributed by atoms with Crippen LogP contribution < -0.4 is 5.32 Å². The lowest BCUT2D eigenvalue weighted by molar-refractivity contribution is -0.142. The van der Waals surface area contributed by atoms with E-state index in [2.05, 4.69) is 5.32 Å². The number of thiophene rings is 1. The SMILES string of the molecule is O=C(NC(C(=O)O)c1cccs1)C1CCCCCCC1. The van der Waals surface area contributed by atoms with Gasteiger partial charge in [-0.3, -0.25) is 4.79 Å². The lowest BCUT2D eigenvalue weighted by Gasteiger charge is -2.21. The number of carbonyl (C=O) groups excluding carboxylic acids is 1. The van der Waals surface area contributed by atoms with Gasteiger partial charge in [0.1, 0.15) is 0 Å². The average Bonchev–Trinajstić information content (AvgIpc) is 2.88. The molecule has 5 heteroatoms. The van der Waals surface area contributed by atoms with E-state index in [0.717, 1.165) is 25.7 Å². The molecule has 20 heavy (non-hydrogen) atoms. The standard InChI is InChI=1S/C15H21NO3S/c17-14(11-7-4-2-1-3-5-8-11)16-13(15(18)19)12-9-6-10-20-12/h6,9-11,13H,1-5,7-8H2,(H,16,17)(H,18,19). The first-order valence-corrected chi connectivity index (χ1v) is 8.13. The molecule has 1 aromatic rings. The quantitative estimate of drug-likeness (QED) is 0.895. The van der Waals surface area contributed by atoms with Gasteiger partial charge in [-0.2, -0.15) is 0 Å². The van der Waals surface area contributed by atoms with E-state index in [4.69, 9.17) is 0 Å². The number of carboxylic acids is 1. The summed E-state index contributed by atoms with van der Waals surface area (Å²) < 4.78 is 0. The zero-order valence-electron chi connectivity index (χ0n) is 11.5. The second-order valence-corrected chi connectivity index (χ2v) is 6.32. The molecule has 1 heterocycles. The molecule has 0 bridgehead atoms. The summed E-state index contributed by atoms with van der Waals surface area (Å²) >= 11 is 1.36. The summed E-state index contributed by atoms with van der Waals surface area (Å²) in [6.07, 6.45) is 7.49. The number of rotatable bonds is 4. The van der Waals surface area contributed by atoms with Gasteiger partial charge < -0.3 is 10.4 Å². The Labute approximate surface area is 123 Å². The molecular weight excluding hydrogens is 274 g/mol. The summed E-state index contributed by atoms with van der Waals surface area (Å²) in [5.74, 6) is -1.13. The Morgan fingerprint density at radius 3 is 2.40 bits per heavy atom. The van der Waals surface area contributed by atoms with Crippen molar-refractivity contribution < 1.29 is 14.7 Å². The summed E-state index contributed by atoms with van der Waals surface area (Å²) in [6, 6.07) is 2.65. The summed E-state index contributed by atoms with van der Waals surface area (Å²) in [5.41, 5.74) is 0. The van der Waals surface area contributed by atoms with Crippen molar-refractivity contribution in [2.45, 2.75) is 51.0 Å². The Balaban J connectivity index is 1.98. The minimum atomic E-state index is -0.994. The maximum atomic E-state index is 12.3. The largest absolute Gasteiger partial charge is 0.479 e. The molecule has 0 spiro atoms. The molecule has 0 radical (unpaired) electrons. The van der Waals surface area contributed by atoms with Crippen LogP contribution in [0.5, 0.6) is 0 Å². The van der Waals surface area contributed by atoms with E-state index >= 15 is 0 Å². The molecule has 1 aliphatic carbocycles. The van der Waals surface area contributed by atoms with Gasteiger partial charge in [-0.05, 0) is 24.3 Å². The fourth-order valence-corrected chi connectivity index (χ4v) is 3.46. The lowest BCUT2D eigenvalue weighted by Crippen LogP contribution is -2.37. The number of carbonyl (C=O) groups is 2. The highest BCUT2D eigenvalue weighted by Gasteiger charge is 2.27. The highest BCUT2D eigenvalue weighted by Crippen LogP contribution is 2.24. The van der Waals surface area contributed by atoms with Gasteiger partial charge >= 0.3 is 5.97 Å². The zero-order chi connectivity index (χ0) is 14.4. The van der Waals surface area contributed by atoms with Crippen LogP contribution in [0.1, 0.15) is 55.9 Å². The van der Waals surface area contributed by atoms with Crippen LogP contribution in [-0.2, 0) is 9.59 Å². The van der Waals surface area contributed by atoms with E-state index in [9.17, 15) is 14.7 Å². The number of aliphatic carboxylic acids is 1. The maximum absolute atomic E-state index is 12.3. The Morgan fingerprint density at radius 1 is 1.20 bits per heavy atom. The predicted molar refractivity (Wildman–Crippen MR) is 78.6 cm³/mol. The number of nitrogens with one attached hydrogen (secondary N) is 1. The zero-order valence-corrected chi connectivity index (χ0v) is 12.3. The minimum Gasteiger partial charge on any atom is -0.479 e. The van der Waals surface area contributed by atoms with Crippen LogP contribution in [0, 0.1) is 5.92 Å². The van der Waals surface area contributed by atoms with Gasteiger partial charge in [0.2, 0.25) is 5.91 Å². The summed E-state index contributed by atoms with van der Waals surface area (Å²) in [5, 5.41) is 13.8. The average molecular weight is 295 g/mol. The number of hydrogen-bond donors (Lipinski definition) is 2. The van der Waals surface area contributed by atoms with Crippen molar-refractivity contribution in [1.29, 1.82) is 0 Å². The molecular formula is C15H21NO3S. The molecule has 4 nitrogen and oxygen atoms in total. The molecule has 0 aliphatic heterocycles.